The van der Waals surface area contributed by atoms with Crippen molar-refractivity contribution in [1.82, 2.24) is 19.9 Å². The summed E-state index contributed by atoms with van der Waals surface area (Å²) in [5.74, 6) is 2.54. The van der Waals surface area contributed by atoms with Gasteiger partial charge in [-0.3, -0.25) is 0 Å². The number of hydrogen-bond donors (Lipinski definition) is 2. The summed E-state index contributed by atoms with van der Waals surface area (Å²) in [6.07, 6.45) is 4.97. The summed E-state index contributed by atoms with van der Waals surface area (Å²) >= 11 is 0. The van der Waals surface area contributed by atoms with E-state index >= 15 is 0 Å². The molecule has 0 fully saturated rings. The lowest BCUT2D eigenvalue weighted by Crippen LogP contribution is -2.21. The molecule has 0 radical (unpaired) electrons. The molecule has 7 nitrogen and oxygen atoms in total. The van der Waals surface area contributed by atoms with Gasteiger partial charge in [0.15, 0.2) is 11.6 Å². The second-order valence-corrected chi connectivity index (χ2v) is 6.51. The van der Waals surface area contributed by atoms with Crippen molar-refractivity contribution in [2.45, 2.75) is 13.5 Å². The van der Waals surface area contributed by atoms with Crippen molar-refractivity contribution in [2.24, 2.45) is 0 Å². The molecule has 0 unspecified atom stereocenters. The first-order valence-electron chi connectivity index (χ1n) is 9.24. The maximum atomic E-state index is 6.49. The van der Waals surface area contributed by atoms with E-state index in [-0.39, 0.29) is 0 Å². The normalized spacial score (nSPS) is 10.5. The van der Waals surface area contributed by atoms with Crippen LogP contribution >= 0.6 is 0 Å². The van der Waals surface area contributed by atoms with Crippen LogP contribution < -0.4 is 16.0 Å². The minimum atomic E-state index is 0.430. The van der Waals surface area contributed by atoms with E-state index in [4.69, 9.17) is 5.73 Å². The number of benzene rings is 1. The van der Waals surface area contributed by atoms with Gasteiger partial charge in [-0.05, 0) is 36.2 Å². The summed E-state index contributed by atoms with van der Waals surface area (Å²) in [7, 11) is 0. The van der Waals surface area contributed by atoms with E-state index < -0.39 is 0 Å². The quantitative estimate of drug-likeness (QED) is 0.514. The number of nitrogens with one attached hydrogen (secondary N) is 1. The minimum absolute atomic E-state index is 0.430. The van der Waals surface area contributed by atoms with Crippen LogP contribution in [0.5, 0.6) is 0 Å². The SMILES string of the molecule is Cc1cccnc1Nc1ncnc(N(Cc2ccccc2)c2ccccn2)c1N. The van der Waals surface area contributed by atoms with E-state index in [1.165, 1.54) is 6.33 Å². The van der Waals surface area contributed by atoms with Crippen molar-refractivity contribution in [1.29, 1.82) is 0 Å². The molecule has 29 heavy (non-hydrogen) atoms. The van der Waals surface area contributed by atoms with Crippen molar-refractivity contribution in [3.05, 3.63) is 90.5 Å². The highest BCUT2D eigenvalue weighted by atomic mass is 15.3. The number of aryl methyl sites for hydroxylation is 1. The van der Waals surface area contributed by atoms with Gasteiger partial charge in [0.2, 0.25) is 0 Å². The van der Waals surface area contributed by atoms with Crippen LogP contribution in [0.25, 0.3) is 0 Å². The van der Waals surface area contributed by atoms with Gasteiger partial charge in [0, 0.05) is 12.4 Å². The third-order valence-corrected chi connectivity index (χ3v) is 4.47. The van der Waals surface area contributed by atoms with E-state index in [1.807, 2.05) is 60.4 Å². The van der Waals surface area contributed by atoms with E-state index in [1.54, 1.807) is 12.4 Å². The van der Waals surface area contributed by atoms with Crippen LogP contribution in [-0.2, 0) is 6.54 Å². The number of rotatable bonds is 6. The van der Waals surface area contributed by atoms with Crippen LogP contribution in [0.1, 0.15) is 11.1 Å². The Kier molecular flexibility index (Phi) is 5.29. The largest absolute Gasteiger partial charge is 0.393 e. The van der Waals surface area contributed by atoms with Crippen LogP contribution in [-0.4, -0.2) is 19.9 Å². The monoisotopic (exact) mass is 383 g/mol. The van der Waals surface area contributed by atoms with Gasteiger partial charge in [0.25, 0.3) is 0 Å². The van der Waals surface area contributed by atoms with E-state index in [9.17, 15) is 0 Å². The molecule has 0 aliphatic carbocycles. The Morgan fingerprint density at radius 1 is 0.828 bits per heavy atom. The van der Waals surface area contributed by atoms with Gasteiger partial charge in [-0.1, -0.05) is 42.5 Å². The molecule has 7 heteroatoms. The van der Waals surface area contributed by atoms with Crippen LogP contribution in [0.4, 0.5) is 29.0 Å². The number of nitrogens with two attached hydrogens (primary N) is 1. The summed E-state index contributed by atoms with van der Waals surface area (Å²) in [6, 6.07) is 19.7. The number of anilines is 5. The number of pyridine rings is 2. The lowest BCUT2D eigenvalue weighted by atomic mass is 10.2. The maximum absolute atomic E-state index is 6.49. The first-order valence-corrected chi connectivity index (χ1v) is 9.24. The second kappa shape index (κ2) is 8.35. The predicted octanol–water partition coefficient (Wildman–Crippen LogP) is 4.24. The Morgan fingerprint density at radius 3 is 2.38 bits per heavy atom. The number of nitrogen functional groups attached to an aromatic ring is 1. The zero-order chi connectivity index (χ0) is 20.1. The van der Waals surface area contributed by atoms with Gasteiger partial charge in [-0.2, -0.15) is 0 Å². The van der Waals surface area contributed by atoms with Gasteiger partial charge in [-0.15, -0.1) is 0 Å². The molecule has 4 rings (SSSR count). The molecule has 3 heterocycles. The summed E-state index contributed by atoms with van der Waals surface area (Å²) in [6.45, 7) is 2.55. The number of aromatic nitrogens is 4. The fourth-order valence-electron chi connectivity index (χ4n) is 2.97. The van der Waals surface area contributed by atoms with Crippen molar-refractivity contribution in [3.63, 3.8) is 0 Å². The second-order valence-electron chi connectivity index (χ2n) is 6.51. The van der Waals surface area contributed by atoms with Gasteiger partial charge >= 0.3 is 0 Å². The van der Waals surface area contributed by atoms with Crippen molar-refractivity contribution >= 4 is 29.0 Å². The Balaban J connectivity index is 1.74. The molecular weight excluding hydrogens is 362 g/mol. The van der Waals surface area contributed by atoms with Crippen LogP contribution in [0.3, 0.4) is 0 Å². The zero-order valence-electron chi connectivity index (χ0n) is 16.0. The maximum Gasteiger partial charge on any atom is 0.163 e. The van der Waals surface area contributed by atoms with Crippen molar-refractivity contribution in [2.75, 3.05) is 16.0 Å². The fraction of sp³-hybridized carbons (Fsp3) is 0.0909. The molecule has 3 N–H and O–H groups in total. The Hall–Kier alpha value is -4.00. The molecule has 4 aromatic rings. The smallest absolute Gasteiger partial charge is 0.163 e. The molecule has 0 atom stereocenters. The Bertz CT molecular complexity index is 1080. The standard InChI is InChI=1S/C22H21N7/c1-16-8-7-13-25-20(16)28-21-19(23)22(27-15-26-21)29(18-11-5-6-12-24-18)14-17-9-3-2-4-10-17/h2-13,15H,14,23H2,1H3,(H,25,26,27,28). The summed E-state index contributed by atoms with van der Waals surface area (Å²) in [5.41, 5.74) is 9.03. The molecule has 0 spiro atoms. The average molecular weight is 383 g/mol. The molecule has 0 bridgehead atoms. The predicted molar refractivity (Wildman–Crippen MR) is 115 cm³/mol. The summed E-state index contributed by atoms with van der Waals surface area (Å²) in [4.78, 5) is 19.6. The summed E-state index contributed by atoms with van der Waals surface area (Å²) < 4.78 is 0. The minimum Gasteiger partial charge on any atom is -0.393 e. The van der Waals surface area contributed by atoms with E-state index in [2.05, 4.69) is 37.4 Å². The van der Waals surface area contributed by atoms with Crippen LogP contribution in [0.15, 0.2) is 79.4 Å². The molecule has 3 aromatic heterocycles. The first-order chi connectivity index (χ1) is 14.2. The topological polar surface area (TPSA) is 92.9 Å². The Labute approximate surface area is 169 Å². The van der Waals surface area contributed by atoms with E-state index in [0.29, 0.717) is 29.7 Å². The lowest BCUT2D eigenvalue weighted by Gasteiger charge is -2.25. The van der Waals surface area contributed by atoms with Gasteiger partial charge in [0.05, 0.1) is 6.54 Å². The van der Waals surface area contributed by atoms with Crippen LogP contribution in [0.2, 0.25) is 0 Å². The fourth-order valence-corrected chi connectivity index (χ4v) is 2.97. The third kappa shape index (κ3) is 4.14. The third-order valence-electron chi connectivity index (χ3n) is 4.47. The highest BCUT2D eigenvalue weighted by Crippen LogP contribution is 2.33. The van der Waals surface area contributed by atoms with Gasteiger partial charge in [0.1, 0.15) is 23.7 Å². The average Bonchev–Trinajstić information content (AvgIpc) is 2.77. The van der Waals surface area contributed by atoms with Gasteiger partial charge in [-0.25, -0.2) is 19.9 Å². The number of hydrogen-bond acceptors (Lipinski definition) is 7. The molecule has 0 aliphatic rings. The number of nitrogens with zero attached hydrogens (tertiary/aromatic N) is 5. The molecule has 144 valence electrons. The molecule has 0 saturated heterocycles. The van der Waals surface area contributed by atoms with Crippen molar-refractivity contribution < 1.29 is 0 Å². The zero-order valence-corrected chi connectivity index (χ0v) is 16.0. The molecule has 1 aromatic carbocycles. The Morgan fingerprint density at radius 2 is 1.62 bits per heavy atom. The molecular formula is C22H21N7. The van der Waals surface area contributed by atoms with Crippen LogP contribution in [0, 0.1) is 6.92 Å². The highest BCUT2D eigenvalue weighted by molar-refractivity contribution is 5.80. The lowest BCUT2D eigenvalue weighted by molar-refractivity contribution is 0.918. The molecule has 0 aliphatic heterocycles. The molecule has 0 amide bonds. The molecule has 0 saturated carbocycles. The van der Waals surface area contributed by atoms with Crippen molar-refractivity contribution in [3.8, 4) is 0 Å². The van der Waals surface area contributed by atoms with Gasteiger partial charge < -0.3 is 16.0 Å². The first kappa shape index (κ1) is 18.4. The van der Waals surface area contributed by atoms with E-state index in [0.717, 1.165) is 16.9 Å². The summed E-state index contributed by atoms with van der Waals surface area (Å²) in [5, 5.41) is 3.22. The highest BCUT2D eigenvalue weighted by Gasteiger charge is 2.19.